The van der Waals surface area contributed by atoms with Gasteiger partial charge in [0.2, 0.25) is 0 Å². The summed E-state index contributed by atoms with van der Waals surface area (Å²) in [5, 5.41) is 9.06. The summed E-state index contributed by atoms with van der Waals surface area (Å²) in [6.07, 6.45) is 0. The monoisotopic (exact) mass is 348 g/mol. The SMILES string of the molecule is Cc1cc(Oc2cc(Br)cc(C(=O)O)c2)ccc1C(C)C. The quantitative estimate of drug-likeness (QED) is 0.807. The fourth-order valence-electron chi connectivity index (χ4n) is 2.24. The summed E-state index contributed by atoms with van der Waals surface area (Å²) in [6, 6.07) is 10.7. The third-order valence-corrected chi connectivity index (χ3v) is 3.68. The van der Waals surface area contributed by atoms with Gasteiger partial charge in [0.1, 0.15) is 11.5 Å². The molecule has 0 amide bonds. The lowest BCUT2D eigenvalue weighted by molar-refractivity contribution is 0.0696. The number of halogens is 1. The molecule has 0 spiro atoms. The predicted molar refractivity (Wildman–Crippen MR) is 86.4 cm³/mol. The standard InChI is InChI=1S/C17H17BrO3/c1-10(2)16-5-4-14(6-11(16)3)21-15-8-12(17(19)20)7-13(18)9-15/h4-10H,1-3H3,(H,19,20). The average molecular weight is 349 g/mol. The predicted octanol–water partition coefficient (Wildman–Crippen LogP) is 5.37. The van der Waals surface area contributed by atoms with E-state index in [1.54, 1.807) is 12.1 Å². The summed E-state index contributed by atoms with van der Waals surface area (Å²) >= 11 is 3.30. The molecule has 0 aliphatic carbocycles. The summed E-state index contributed by atoms with van der Waals surface area (Å²) in [6.45, 7) is 6.35. The fraction of sp³-hybridized carbons (Fsp3) is 0.235. The summed E-state index contributed by atoms with van der Waals surface area (Å²) < 4.78 is 6.45. The van der Waals surface area contributed by atoms with Crippen molar-refractivity contribution in [2.45, 2.75) is 26.7 Å². The molecule has 3 nitrogen and oxygen atoms in total. The highest BCUT2D eigenvalue weighted by Gasteiger charge is 2.09. The van der Waals surface area contributed by atoms with E-state index in [0.717, 1.165) is 5.56 Å². The molecule has 1 N–H and O–H groups in total. The van der Waals surface area contributed by atoms with Gasteiger partial charge in [-0.15, -0.1) is 0 Å². The highest BCUT2D eigenvalue weighted by Crippen LogP contribution is 2.29. The van der Waals surface area contributed by atoms with Crippen LogP contribution in [0.2, 0.25) is 0 Å². The first-order valence-corrected chi connectivity index (χ1v) is 7.48. The zero-order valence-corrected chi connectivity index (χ0v) is 13.8. The lowest BCUT2D eigenvalue weighted by Gasteiger charge is -2.12. The number of aromatic carboxylic acids is 1. The van der Waals surface area contributed by atoms with E-state index in [9.17, 15) is 4.79 Å². The maximum absolute atomic E-state index is 11.1. The van der Waals surface area contributed by atoms with E-state index in [0.29, 0.717) is 21.9 Å². The van der Waals surface area contributed by atoms with Gasteiger partial charge in [-0.2, -0.15) is 0 Å². The molecule has 0 aromatic heterocycles. The van der Waals surface area contributed by atoms with Crippen LogP contribution in [-0.4, -0.2) is 11.1 Å². The highest BCUT2D eigenvalue weighted by atomic mass is 79.9. The van der Waals surface area contributed by atoms with Crippen molar-refractivity contribution in [3.8, 4) is 11.5 Å². The number of carboxylic acid groups (broad SMARTS) is 1. The molecule has 0 fully saturated rings. The summed E-state index contributed by atoms with van der Waals surface area (Å²) in [5.41, 5.74) is 2.63. The van der Waals surface area contributed by atoms with Gasteiger partial charge in [-0.1, -0.05) is 35.8 Å². The van der Waals surface area contributed by atoms with Crippen molar-refractivity contribution in [3.05, 3.63) is 57.6 Å². The fourth-order valence-corrected chi connectivity index (χ4v) is 2.71. The van der Waals surface area contributed by atoms with E-state index < -0.39 is 5.97 Å². The Hall–Kier alpha value is -1.81. The summed E-state index contributed by atoms with van der Waals surface area (Å²) in [5.74, 6) is 0.681. The first-order chi connectivity index (χ1) is 9.86. The Bertz CT molecular complexity index is 678. The number of aryl methyl sites for hydroxylation is 1. The van der Waals surface area contributed by atoms with Crippen molar-refractivity contribution in [3.63, 3.8) is 0 Å². The van der Waals surface area contributed by atoms with Crippen LogP contribution in [0, 0.1) is 6.92 Å². The Labute approximate surface area is 132 Å². The van der Waals surface area contributed by atoms with Crippen molar-refractivity contribution < 1.29 is 14.6 Å². The second-order valence-electron chi connectivity index (χ2n) is 5.26. The molecule has 21 heavy (non-hydrogen) atoms. The molecule has 0 bridgehead atoms. The second-order valence-corrected chi connectivity index (χ2v) is 6.17. The van der Waals surface area contributed by atoms with Crippen LogP contribution in [0.1, 0.15) is 41.3 Å². The topological polar surface area (TPSA) is 46.5 Å². The molecule has 0 atom stereocenters. The van der Waals surface area contributed by atoms with Crippen LogP contribution in [0.4, 0.5) is 0 Å². The first kappa shape index (κ1) is 15.6. The Morgan fingerprint density at radius 2 is 1.86 bits per heavy atom. The molecular weight excluding hydrogens is 332 g/mol. The van der Waals surface area contributed by atoms with Gasteiger partial charge in [0.15, 0.2) is 0 Å². The van der Waals surface area contributed by atoms with Crippen LogP contribution in [0.3, 0.4) is 0 Å². The third kappa shape index (κ3) is 3.85. The average Bonchev–Trinajstić information content (AvgIpc) is 2.37. The number of carbonyl (C=O) groups is 1. The molecule has 0 radical (unpaired) electrons. The largest absolute Gasteiger partial charge is 0.478 e. The van der Waals surface area contributed by atoms with Gasteiger partial charge in [-0.25, -0.2) is 4.79 Å². The Morgan fingerprint density at radius 3 is 2.43 bits per heavy atom. The van der Waals surface area contributed by atoms with Crippen molar-refractivity contribution in [1.82, 2.24) is 0 Å². The molecule has 2 aromatic carbocycles. The summed E-state index contributed by atoms with van der Waals surface area (Å²) in [7, 11) is 0. The first-order valence-electron chi connectivity index (χ1n) is 6.69. The van der Waals surface area contributed by atoms with Crippen LogP contribution in [0.25, 0.3) is 0 Å². The molecule has 2 rings (SSSR count). The molecule has 4 heteroatoms. The van der Waals surface area contributed by atoms with E-state index in [4.69, 9.17) is 9.84 Å². The van der Waals surface area contributed by atoms with Gasteiger partial charge >= 0.3 is 5.97 Å². The minimum absolute atomic E-state index is 0.190. The molecule has 0 unspecified atom stereocenters. The lowest BCUT2D eigenvalue weighted by Crippen LogP contribution is -1.97. The molecule has 0 saturated heterocycles. The molecule has 0 aliphatic rings. The van der Waals surface area contributed by atoms with Crippen molar-refractivity contribution in [1.29, 1.82) is 0 Å². The van der Waals surface area contributed by atoms with E-state index >= 15 is 0 Å². The van der Waals surface area contributed by atoms with E-state index in [2.05, 4.69) is 29.8 Å². The molecule has 0 heterocycles. The molecule has 0 aliphatic heterocycles. The van der Waals surface area contributed by atoms with Crippen LogP contribution in [-0.2, 0) is 0 Å². The van der Waals surface area contributed by atoms with E-state index in [1.165, 1.54) is 11.6 Å². The second kappa shape index (κ2) is 6.31. The van der Waals surface area contributed by atoms with Gasteiger partial charge in [0, 0.05) is 4.47 Å². The maximum Gasteiger partial charge on any atom is 0.335 e. The Morgan fingerprint density at radius 1 is 1.14 bits per heavy atom. The number of benzene rings is 2. The summed E-state index contributed by atoms with van der Waals surface area (Å²) in [4.78, 5) is 11.1. The van der Waals surface area contributed by atoms with E-state index in [-0.39, 0.29) is 5.56 Å². The van der Waals surface area contributed by atoms with Crippen molar-refractivity contribution >= 4 is 21.9 Å². The number of carboxylic acids is 1. The zero-order chi connectivity index (χ0) is 15.6. The normalized spacial score (nSPS) is 10.7. The van der Waals surface area contributed by atoms with Crippen LogP contribution >= 0.6 is 15.9 Å². The molecule has 2 aromatic rings. The van der Waals surface area contributed by atoms with Gasteiger partial charge in [0.05, 0.1) is 5.56 Å². The zero-order valence-electron chi connectivity index (χ0n) is 12.2. The number of ether oxygens (including phenoxy) is 1. The number of hydrogen-bond donors (Lipinski definition) is 1. The highest BCUT2D eigenvalue weighted by molar-refractivity contribution is 9.10. The van der Waals surface area contributed by atoms with E-state index in [1.807, 2.05) is 25.1 Å². The number of rotatable bonds is 4. The van der Waals surface area contributed by atoms with Crippen LogP contribution < -0.4 is 4.74 Å². The smallest absolute Gasteiger partial charge is 0.335 e. The lowest BCUT2D eigenvalue weighted by atomic mass is 9.98. The van der Waals surface area contributed by atoms with Gasteiger partial charge in [-0.05, 0) is 54.3 Å². The molecular formula is C17H17BrO3. The third-order valence-electron chi connectivity index (χ3n) is 3.22. The molecule has 0 saturated carbocycles. The van der Waals surface area contributed by atoms with Gasteiger partial charge in [-0.3, -0.25) is 0 Å². The number of hydrogen-bond acceptors (Lipinski definition) is 2. The molecule has 110 valence electrons. The van der Waals surface area contributed by atoms with Crippen molar-refractivity contribution in [2.24, 2.45) is 0 Å². The van der Waals surface area contributed by atoms with Gasteiger partial charge in [0.25, 0.3) is 0 Å². The Balaban J connectivity index is 2.30. The van der Waals surface area contributed by atoms with Crippen LogP contribution in [0.5, 0.6) is 11.5 Å². The van der Waals surface area contributed by atoms with Crippen molar-refractivity contribution in [2.75, 3.05) is 0 Å². The Kier molecular flexibility index (Phi) is 4.68. The van der Waals surface area contributed by atoms with Gasteiger partial charge < -0.3 is 9.84 Å². The maximum atomic E-state index is 11.1. The minimum atomic E-state index is -0.979. The minimum Gasteiger partial charge on any atom is -0.478 e. The van der Waals surface area contributed by atoms with Crippen LogP contribution in [0.15, 0.2) is 40.9 Å².